The molecule has 3 aromatic carbocycles. The Labute approximate surface area is 227 Å². The van der Waals surface area contributed by atoms with Gasteiger partial charge in [0.05, 0.1) is 30.8 Å². The van der Waals surface area contributed by atoms with Crippen molar-refractivity contribution in [2.24, 2.45) is 5.92 Å². The number of thioether (sulfide) groups is 1. The van der Waals surface area contributed by atoms with Crippen LogP contribution in [0.5, 0.6) is 17.2 Å². The van der Waals surface area contributed by atoms with Crippen molar-refractivity contribution in [1.29, 1.82) is 0 Å². The smallest absolute Gasteiger partial charge is 0.261 e. The molecule has 1 aliphatic carbocycles. The van der Waals surface area contributed by atoms with Crippen molar-refractivity contribution in [3.8, 4) is 17.2 Å². The second-order valence-corrected chi connectivity index (χ2v) is 12.5. The zero-order valence-corrected chi connectivity index (χ0v) is 22.8. The van der Waals surface area contributed by atoms with Crippen molar-refractivity contribution in [2.45, 2.75) is 29.4 Å². The van der Waals surface area contributed by atoms with Crippen LogP contribution in [0.1, 0.15) is 29.5 Å². The van der Waals surface area contributed by atoms with E-state index in [1.807, 2.05) is 23.9 Å². The highest BCUT2D eigenvalue weighted by Crippen LogP contribution is 2.50. The van der Waals surface area contributed by atoms with Crippen molar-refractivity contribution in [2.75, 3.05) is 35.8 Å². The lowest BCUT2D eigenvalue weighted by molar-refractivity contribution is 0.240. The van der Waals surface area contributed by atoms with Crippen LogP contribution in [0.3, 0.4) is 0 Å². The van der Waals surface area contributed by atoms with E-state index in [0.717, 1.165) is 34.9 Å². The minimum atomic E-state index is -3.82. The lowest BCUT2D eigenvalue weighted by Crippen LogP contribution is -2.31. The van der Waals surface area contributed by atoms with E-state index >= 15 is 0 Å². The van der Waals surface area contributed by atoms with Crippen LogP contribution in [0.25, 0.3) is 0 Å². The molecule has 3 aliphatic rings. The average Bonchev–Trinajstić information content (AvgIpc) is 3.40. The second kappa shape index (κ2) is 10.1. The van der Waals surface area contributed by atoms with Gasteiger partial charge in [-0.15, -0.1) is 0 Å². The maximum Gasteiger partial charge on any atom is 0.261 e. The molecule has 198 valence electrons. The predicted molar refractivity (Wildman–Crippen MR) is 151 cm³/mol. The van der Waals surface area contributed by atoms with Crippen molar-refractivity contribution in [3.05, 3.63) is 83.9 Å². The lowest BCUT2D eigenvalue weighted by atomic mass is 9.77. The van der Waals surface area contributed by atoms with E-state index in [9.17, 15) is 8.42 Å². The summed E-state index contributed by atoms with van der Waals surface area (Å²) >= 11 is 1.90. The molecule has 0 spiro atoms. The molecular formula is C29H30N2O5S2. The number of hydrogen-bond acceptors (Lipinski definition) is 7. The van der Waals surface area contributed by atoms with E-state index in [1.165, 1.54) is 19.8 Å². The third kappa shape index (κ3) is 4.69. The summed E-state index contributed by atoms with van der Waals surface area (Å²) in [5, 5.41) is 3.70. The Hall–Kier alpha value is -3.30. The standard InChI is InChI=1S/C29H30N2O5S2/c1-34-27-12-9-19(14-28(27)35-2)31-38(32,33)22-10-11-26-25(15-22)23-7-4-8-24(23)29(30-26)18-5-3-6-20(13-18)36-21-16-37-17-21/h3-7,9-15,21,23-24,29-31H,8,16-17H2,1-2H3/t23-,24+,29+/m0/s1. The largest absolute Gasteiger partial charge is 0.493 e. The molecule has 6 rings (SSSR count). The zero-order chi connectivity index (χ0) is 26.3. The van der Waals surface area contributed by atoms with Gasteiger partial charge in [0.1, 0.15) is 11.9 Å². The SMILES string of the molecule is COc1ccc(NS(=O)(=O)c2ccc3c(c2)[C@H]2C=CC[C@H]2[C@@H](c2cccc(OC4CSC4)c2)N3)cc1OC. The number of methoxy groups -OCH3 is 2. The van der Waals surface area contributed by atoms with Gasteiger partial charge in [0.15, 0.2) is 11.5 Å². The topological polar surface area (TPSA) is 85.9 Å². The van der Waals surface area contributed by atoms with Gasteiger partial charge in [-0.05, 0) is 65.9 Å². The highest BCUT2D eigenvalue weighted by Gasteiger charge is 2.38. The van der Waals surface area contributed by atoms with Gasteiger partial charge >= 0.3 is 0 Å². The van der Waals surface area contributed by atoms with Gasteiger partial charge in [-0.2, -0.15) is 11.8 Å². The summed E-state index contributed by atoms with van der Waals surface area (Å²) in [4.78, 5) is 0.221. The summed E-state index contributed by atoms with van der Waals surface area (Å²) < 4.78 is 46.1. The molecule has 2 N–H and O–H groups in total. The molecular weight excluding hydrogens is 520 g/mol. The van der Waals surface area contributed by atoms with E-state index in [0.29, 0.717) is 23.3 Å². The summed E-state index contributed by atoms with van der Waals surface area (Å²) in [6, 6.07) is 18.7. The van der Waals surface area contributed by atoms with Gasteiger partial charge in [-0.25, -0.2) is 8.42 Å². The molecule has 0 aromatic heterocycles. The molecule has 1 fully saturated rings. The highest BCUT2D eigenvalue weighted by atomic mass is 32.2. The van der Waals surface area contributed by atoms with Crippen LogP contribution >= 0.6 is 11.8 Å². The van der Waals surface area contributed by atoms with Gasteiger partial charge < -0.3 is 19.5 Å². The molecule has 0 saturated carbocycles. The second-order valence-electron chi connectivity index (χ2n) is 9.75. The molecule has 3 atom stereocenters. The Morgan fingerprint density at radius 3 is 2.58 bits per heavy atom. The first-order valence-electron chi connectivity index (χ1n) is 12.6. The summed E-state index contributed by atoms with van der Waals surface area (Å²) in [5.74, 6) is 4.39. The minimum Gasteiger partial charge on any atom is -0.493 e. The number of benzene rings is 3. The van der Waals surface area contributed by atoms with Crippen LogP contribution in [0, 0.1) is 5.92 Å². The predicted octanol–water partition coefficient (Wildman–Crippen LogP) is 5.83. The maximum atomic E-state index is 13.3. The number of fused-ring (bicyclic) bond motifs is 3. The van der Waals surface area contributed by atoms with Gasteiger partial charge in [-0.3, -0.25) is 4.72 Å². The van der Waals surface area contributed by atoms with Gasteiger partial charge in [0, 0.05) is 29.2 Å². The van der Waals surface area contributed by atoms with Crippen molar-refractivity contribution in [3.63, 3.8) is 0 Å². The van der Waals surface area contributed by atoms with E-state index in [1.54, 1.807) is 30.3 Å². The maximum absolute atomic E-state index is 13.3. The molecule has 2 heterocycles. The first-order valence-corrected chi connectivity index (χ1v) is 15.3. The summed E-state index contributed by atoms with van der Waals surface area (Å²) in [6.45, 7) is 0. The van der Waals surface area contributed by atoms with Gasteiger partial charge in [0.2, 0.25) is 0 Å². The molecule has 0 bridgehead atoms. The van der Waals surface area contributed by atoms with Crippen molar-refractivity contribution in [1.82, 2.24) is 0 Å². The third-order valence-corrected chi connectivity index (χ3v) is 10.0. The molecule has 0 radical (unpaired) electrons. The molecule has 1 saturated heterocycles. The quantitative estimate of drug-likeness (QED) is 0.342. The van der Waals surface area contributed by atoms with Crippen LogP contribution in [0.2, 0.25) is 0 Å². The molecule has 2 aliphatic heterocycles. The third-order valence-electron chi connectivity index (χ3n) is 7.41. The Morgan fingerprint density at radius 1 is 0.974 bits per heavy atom. The van der Waals surface area contributed by atoms with Crippen LogP contribution in [-0.4, -0.2) is 40.2 Å². The zero-order valence-electron chi connectivity index (χ0n) is 21.2. The molecule has 9 heteroatoms. The summed E-state index contributed by atoms with van der Waals surface area (Å²) in [6.07, 6.45) is 5.63. The summed E-state index contributed by atoms with van der Waals surface area (Å²) in [7, 11) is -0.762. The Balaban J connectivity index is 1.27. The Bertz CT molecular complexity index is 1490. The number of ether oxygens (including phenoxy) is 3. The van der Waals surface area contributed by atoms with E-state index in [4.69, 9.17) is 14.2 Å². The Morgan fingerprint density at radius 2 is 1.82 bits per heavy atom. The molecule has 0 amide bonds. The van der Waals surface area contributed by atoms with Gasteiger partial charge in [-0.1, -0.05) is 24.3 Å². The fraction of sp³-hybridized carbons (Fsp3) is 0.310. The minimum absolute atomic E-state index is 0.106. The number of sulfonamides is 1. The van der Waals surface area contributed by atoms with E-state index in [-0.39, 0.29) is 22.8 Å². The molecule has 0 unspecified atom stereocenters. The average molecular weight is 551 g/mol. The van der Waals surface area contributed by atoms with Crippen LogP contribution in [0.15, 0.2) is 77.7 Å². The van der Waals surface area contributed by atoms with Gasteiger partial charge in [0.25, 0.3) is 10.0 Å². The molecule has 7 nitrogen and oxygen atoms in total. The first kappa shape index (κ1) is 25.0. The van der Waals surface area contributed by atoms with Crippen LogP contribution in [0.4, 0.5) is 11.4 Å². The van der Waals surface area contributed by atoms with E-state index < -0.39 is 10.0 Å². The first-order chi connectivity index (χ1) is 18.4. The number of hydrogen-bond donors (Lipinski definition) is 2. The number of nitrogens with one attached hydrogen (secondary N) is 2. The lowest BCUT2D eigenvalue weighted by Gasteiger charge is -2.38. The monoisotopic (exact) mass is 550 g/mol. The fourth-order valence-corrected chi connectivity index (χ4v) is 7.09. The van der Waals surface area contributed by atoms with Crippen LogP contribution in [-0.2, 0) is 10.0 Å². The van der Waals surface area contributed by atoms with Crippen molar-refractivity contribution >= 4 is 33.2 Å². The summed E-state index contributed by atoms with van der Waals surface area (Å²) in [5.41, 5.74) is 3.54. The van der Waals surface area contributed by atoms with E-state index in [2.05, 4.69) is 40.4 Å². The van der Waals surface area contributed by atoms with Crippen molar-refractivity contribution < 1.29 is 22.6 Å². The Kier molecular flexibility index (Phi) is 6.65. The highest BCUT2D eigenvalue weighted by molar-refractivity contribution is 8.00. The fourth-order valence-electron chi connectivity index (χ4n) is 5.44. The number of rotatable bonds is 8. The normalized spacial score (nSPS) is 22.0. The number of anilines is 2. The van der Waals surface area contributed by atoms with Crippen LogP contribution < -0.4 is 24.2 Å². The number of allylic oxidation sites excluding steroid dienone is 2. The molecule has 3 aromatic rings. The molecule has 38 heavy (non-hydrogen) atoms.